The number of H-pyrrole nitrogens is 2. The monoisotopic (exact) mass is 339 g/mol. The Hall–Kier alpha value is -3.12. The summed E-state index contributed by atoms with van der Waals surface area (Å²) in [6, 6.07) is 8.93. The van der Waals surface area contributed by atoms with Crippen molar-refractivity contribution < 1.29 is 9.90 Å². The number of carboxylic acids is 1. The fourth-order valence-corrected chi connectivity index (χ4v) is 2.93. The number of carbonyl (C=O) groups is 1. The Kier molecular flexibility index (Phi) is 3.14. The number of carboxylic acid groups (broad SMARTS) is 1. The standard InChI is InChI=1S/C17H10ClN3O3/c18-13-4-2-9(6-19-13)8-1-3-12-10(5-8)14-11(17(23)24)7-20-15(14)16(22)21-12/h1-7,20H,(H,21,22)(H,23,24). The van der Waals surface area contributed by atoms with Crippen LogP contribution in [-0.4, -0.2) is 26.0 Å². The van der Waals surface area contributed by atoms with Gasteiger partial charge in [0, 0.05) is 34.2 Å². The van der Waals surface area contributed by atoms with Gasteiger partial charge in [-0.3, -0.25) is 4.79 Å². The molecule has 0 saturated heterocycles. The van der Waals surface area contributed by atoms with Crippen LogP contribution in [0.1, 0.15) is 10.4 Å². The maximum absolute atomic E-state index is 12.1. The summed E-state index contributed by atoms with van der Waals surface area (Å²) in [7, 11) is 0. The van der Waals surface area contributed by atoms with Gasteiger partial charge in [-0.05, 0) is 29.8 Å². The molecule has 7 heteroatoms. The predicted molar refractivity (Wildman–Crippen MR) is 91.6 cm³/mol. The molecule has 1 aromatic carbocycles. The lowest BCUT2D eigenvalue weighted by molar-refractivity contribution is 0.0699. The molecule has 0 atom stereocenters. The third-order valence-electron chi connectivity index (χ3n) is 3.94. The number of benzene rings is 1. The highest BCUT2D eigenvalue weighted by Gasteiger charge is 2.16. The summed E-state index contributed by atoms with van der Waals surface area (Å²) in [6.45, 7) is 0. The number of aromatic amines is 2. The fraction of sp³-hybridized carbons (Fsp3) is 0. The van der Waals surface area contributed by atoms with E-state index in [9.17, 15) is 14.7 Å². The molecule has 0 amide bonds. The number of nitrogens with one attached hydrogen (secondary N) is 2. The van der Waals surface area contributed by atoms with Gasteiger partial charge in [0.05, 0.1) is 5.56 Å². The van der Waals surface area contributed by atoms with Gasteiger partial charge >= 0.3 is 5.97 Å². The van der Waals surface area contributed by atoms with Crippen LogP contribution in [0.3, 0.4) is 0 Å². The Morgan fingerprint density at radius 2 is 1.96 bits per heavy atom. The molecule has 118 valence electrons. The maximum Gasteiger partial charge on any atom is 0.337 e. The van der Waals surface area contributed by atoms with E-state index in [0.29, 0.717) is 21.4 Å². The minimum atomic E-state index is -1.09. The molecule has 0 radical (unpaired) electrons. The first kappa shape index (κ1) is 14.5. The Morgan fingerprint density at radius 1 is 1.17 bits per heavy atom. The van der Waals surface area contributed by atoms with Crippen LogP contribution in [0.5, 0.6) is 0 Å². The summed E-state index contributed by atoms with van der Waals surface area (Å²) in [5.41, 5.74) is 2.20. The van der Waals surface area contributed by atoms with Gasteiger partial charge in [-0.25, -0.2) is 9.78 Å². The number of hydrogen-bond acceptors (Lipinski definition) is 3. The van der Waals surface area contributed by atoms with Crippen LogP contribution < -0.4 is 5.56 Å². The zero-order valence-corrected chi connectivity index (χ0v) is 12.9. The Labute approximate surface area is 139 Å². The SMILES string of the molecule is O=C(O)c1c[nH]c2c(=O)[nH]c3ccc(-c4ccc(Cl)nc4)cc3c12. The van der Waals surface area contributed by atoms with Crippen LogP contribution in [-0.2, 0) is 0 Å². The third kappa shape index (κ3) is 2.16. The summed E-state index contributed by atoms with van der Waals surface area (Å²) < 4.78 is 0. The first-order valence-corrected chi connectivity index (χ1v) is 7.45. The van der Waals surface area contributed by atoms with Gasteiger partial charge in [0.15, 0.2) is 0 Å². The van der Waals surface area contributed by atoms with Crippen molar-refractivity contribution in [1.29, 1.82) is 0 Å². The lowest BCUT2D eigenvalue weighted by Crippen LogP contribution is -2.07. The predicted octanol–water partition coefficient (Wildman–Crippen LogP) is 3.42. The molecule has 4 aromatic rings. The van der Waals surface area contributed by atoms with Crippen molar-refractivity contribution >= 4 is 39.4 Å². The number of aromatic nitrogens is 3. The average molecular weight is 340 g/mol. The number of aromatic carboxylic acids is 1. The molecule has 6 nitrogen and oxygen atoms in total. The van der Waals surface area contributed by atoms with Crippen molar-refractivity contribution in [2.24, 2.45) is 0 Å². The third-order valence-corrected chi connectivity index (χ3v) is 4.16. The van der Waals surface area contributed by atoms with E-state index in [4.69, 9.17) is 11.6 Å². The second-order valence-corrected chi connectivity index (χ2v) is 5.73. The van der Waals surface area contributed by atoms with Crippen molar-refractivity contribution in [2.45, 2.75) is 0 Å². The second-order valence-electron chi connectivity index (χ2n) is 5.34. The van der Waals surface area contributed by atoms with Gasteiger partial charge in [-0.1, -0.05) is 17.7 Å². The van der Waals surface area contributed by atoms with E-state index in [0.717, 1.165) is 11.1 Å². The molecular weight excluding hydrogens is 330 g/mol. The molecule has 0 fully saturated rings. The average Bonchev–Trinajstić information content (AvgIpc) is 3.02. The van der Waals surface area contributed by atoms with Crippen LogP contribution in [0.4, 0.5) is 0 Å². The van der Waals surface area contributed by atoms with E-state index >= 15 is 0 Å². The number of hydrogen-bond donors (Lipinski definition) is 3. The molecule has 0 saturated carbocycles. The first-order valence-electron chi connectivity index (χ1n) is 7.07. The van der Waals surface area contributed by atoms with Gasteiger partial charge in [0.2, 0.25) is 0 Å². The number of nitrogens with zero attached hydrogens (tertiary/aromatic N) is 1. The van der Waals surface area contributed by atoms with E-state index in [-0.39, 0.29) is 16.6 Å². The van der Waals surface area contributed by atoms with Crippen molar-refractivity contribution in [1.82, 2.24) is 15.0 Å². The first-order chi connectivity index (χ1) is 11.5. The minimum absolute atomic E-state index is 0.0625. The highest BCUT2D eigenvalue weighted by atomic mass is 35.5. The summed E-state index contributed by atoms with van der Waals surface area (Å²) in [4.78, 5) is 33.1. The van der Waals surface area contributed by atoms with E-state index in [1.165, 1.54) is 6.20 Å². The molecular formula is C17H10ClN3O3. The topological polar surface area (TPSA) is 98.8 Å². The fourth-order valence-electron chi connectivity index (χ4n) is 2.82. The molecule has 0 unspecified atom stereocenters. The van der Waals surface area contributed by atoms with Crippen LogP contribution >= 0.6 is 11.6 Å². The van der Waals surface area contributed by atoms with E-state index in [1.54, 1.807) is 18.3 Å². The summed E-state index contributed by atoms with van der Waals surface area (Å²) >= 11 is 5.81. The highest BCUT2D eigenvalue weighted by Crippen LogP contribution is 2.29. The van der Waals surface area contributed by atoms with Gasteiger partial charge in [-0.15, -0.1) is 0 Å². The van der Waals surface area contributed by atoms with Gasteiger partial charge in [0.25, 0.3) is 5.56 Å². The molecule has 0 spiro atoms. The summed E-state index contributed by atoms with van der Waals surface area (Å²) in [5, 5.41) is 10.8. The molecule has 3 heterocycles. The maximum atomic E-state index is 12.1. The molecule has 24 heavy (non-hydrogen) atoms. The van der Waals surface area contributed by atoms with Crippen molar-refractivity contribution in [2.75, 3.05) is 0 Å². The van der Waals surface area contributed by atoms with Crippen molar-refractivity contribution in [3.8, 4) is 11.1 Å². The molecule has 3 aromatic heterocycles. The van der Waals surface area contributed by atoms with Crippen LogP contribution in [0, 0.1) is 0 Å². The minimum Gasteiger partial charge on any atom is -0.478 e. The van der Waals surface area contributed by atoms with E-state index in [2.05, 4.69) is 15.0 Å². The molecule has 0 aliphatic carbocycles. The van der Waals surface area contributed by atoms with E-state index < -0.39 is 5.97 Å². The molecule has 0 bridgehead atoms. The Morgan fingerprint density at radius 3 is 2.67 bits per heavy atom. The smallest absolute Gasteiger partial charge is 0.337 e. The zero-order chi connectivity index (χ0) is 16.8. The van der Waals surface area contributed by atoms with Gasteiger partial charge in [-0.2, -0.15) is 0 Å². The van der Waals surface area contributed by atoms with Gasteiger partial charge in [0.1, 0.15) is 10.7 Å². The highest BCUT2D eigenvalue weighted by molar-refractivity contribution is 6.29. The molecule has 0 aliphatic heterocycles. The quantitative estimate of drug-likeness (QED) is 0.487. The zero-order valence-electron chi connectivity index (χ0n) is 12.1. The van der Waals surface area contributed by atoms with Crippen LogP contribution in [0.25, 0.3) is 32.9 Å². The number of halogens is 1. The normalized spacial score (nSPS) is 11.2. The largest absolute Gasteiger partial charge is 0.478 e. The molecule has 4 rings (SSSR count). The lowest BCUT2D eigenvalue weighted by Gasteiger charge is -2.06. The Bertz CT molecular complexity index is 1160. The number of fused-ring (bicyclic) bond motifs is 3. The number of pyridine rings is 2. The summed E-state index contributed by atoms with van der Waals surface area (Å²) in [5.74, 6) is -1.09. The van der Waals surface area contributed by atoms with Gasteiger partial charge < -0.3 is 15.1 Å². The lowest BCUT2D eigenvalue weighted by atomic mass is 10.0. The van der Waals surface area contributed by atoms with Crippen molar-refractivity contribution in [3.63, 3.8) is 0 Å². The molecule has 0 aliphatic rings. The van der Waals surface area contributed by atoms with Crippen LogP contribution in [0.2, 0.25) is 5.15 Å². The second kappa shape index (κ2) is 5.21. The van der Waals surface area contributed by atoms with E-state index in [1.807, 2.05) is 18.2 Å². The number of rotatable bonds is 2. The van der Waals surface area contributed by atoms with Crippen LogP contribution in [0.15, 0.2) is 47.5 Å². The summed E-state index contributed by atoms with van der Waals surface area (Å²) in [6.07, 6.45) is 2.97. The molecule has 3 N–H and O–H groups in total. The van der Waals surface area contributed by atoms with Crippen molar-refractivity contribution in [3.05, 3.63) is 63.8 Å². The Balaban J connectivity index is 2.08.